The summed E-state index contributed by atoms with van der Waals surface area (Å²) in [6.45, 7) is 4.51. The molecule has 22 heavy (non-hydrogen) atoms. The number of amides is 1. The molecule has 1 aromatic rings. The molecule has 1 N–H and O–H groups in total. The molecule has 1 aliphatic carbocycles. The largest absolute Gasteiger partial charge is 0.472 e. The number of hydrogen-bond donors (Lipinski definition) is 1. The van der Waals surface area contributed by atoms with Crippen LogP contribution in [0.3, 0.4) is 0 Å². The van der Waals surface area contributed by atoms with Gasteiger partial charge in [-0.1, -0.05) is 0 Å². The molecule has 0 radical (unpaired) electrons. The summed E-state index contributed by atoms with van der Waals surface area (Å²) in [5.41, 5.74) is 1.04. The Hall–Kier alpha value is -1.33. The van der Waals surface area contributed by atoms with E-state index in [0.717, 1.165) is 52.0 Å². The maximum absolute atomic E-state index is 12.4. The minimum atomic E-state index is -0.132. The summed E-state index contributed by atoms with van der Waals surface area (Å²) in [5, 5.41) is 10.1. The second-order valence-corrected chi connectivity index (χ2v) is 7.34. The normalized spacial score (nSPS) is 32.2. The van der Waals surface area contributed by atoms with Crippen LogP contribution in [0.15, 0.2) is 23.0 Å². The average Bonchev–Trinajstić information content (AvgIpc) is 3.12. The molecular weight excluding hydrogens is 280 g/mol. The maximum atomic E-state index is 12.4. The first-order valence-corrected chi connectivity index (χ1v) is 8.33. The first kappa shape index (κ1) is 14.3. The van der Waals surface area contributed by atoms with E-state index in [4.69, 9.17) is 4.42 Å². The van der Waals surface area contributed by atoms with Crippen molar-refractivity contribution in [2.24, 2.45) is 17.3 Å². The van der Waals surface area contributed by atoms with E-state index < -0.39 is 0 Å². The molecule has 2 atom stereocenters. The Morgan fingerprint density at radius 1 is 1.36 bits per heavy atom. The number of furan rings is 1. The summed E-state index contributed by atoms with van der Waals surface area (Å²) < 4.78 is 5.15. The van der Waals surface area contributed by atoms with Crippen molar-refractivity contribution in [3.63, 3.8) is 0 Å². The number of fused-ring (bicyclic) bond motifs is 1. The Bertz CT molecular complexity index is 540. The summed E-state index contributed by atoms with van der Waals surface area (Å²) in [4.78, 5) is 16.8. The molecule has 2 saturated heterocycles. The lowest BCUT2D eigenvalue weighted by molar-refractivity contribution is -0.132. The number of carbonyl (C=O) groups is 1. The lowest BCUT2D eigenvalue weighted by Gasteiger charge is -2.42. The van der Waals surface area contributed by atoms with Crippen LogP contribution in [0.1, 0.15) is 24.8 Å². The number of carbonyl (C=O) groups excluding carboxylic acids is 1. The number of likely N-dealkylation sites (tertiary alicyclic amines) is 2. The first-order valence-electron chi connectivity index (χ1n) is 8.33. The molecule has 4 rings (SSSR count). The van der Waals surface area contributed by atoms with E-state index in [1.807, 2.05) is 11.0 Å². The molecule has 1 saturated carbocycles. The molecule has 2 aliphatic heterocycles. The average molecular weight is 304 g/mol. The van der Waals surface area contributed by atoms with Gasteiger partial charge >= 0.3 is 0 Å². The van der Waals surface area contributed by atoms with Crippen molar-refractivity contribution in [1.82, 2.24) is 9.80 Å². The van der Waals surface area contributed by atoms with Gasteiger partial charge < -0.3 is 14.4 Å². The third-order valence-electron chi connectivity index (χ3n) is 5.68. The van der Waals surface area contributed by atoms with Gasteiger partial charge in [0, 0.05) is 43.1 Å². The van der Waals surface area contributed by atoms with E-state index in [2.05, 4.69) is 4.90 Å². The molecule has 3 fully saturated rings. The van der Waals surface area contributed by atoms with Gasteiger partial charge in [0.15, 0.2) is 0 Å². The van der Waals surface area contributed by atoms with Crippen molar-refractivity contribution in [3.8, 4) is 0 Å². The molecule has 120 valence electrons. The molecule has 3 aliphatic rings. The second-order valence-electron chi connectivity index (χ2n) is 7.34. The van der Waals surface area contributed by atoms with Gasteiger partial charge in [-0.2, -0.15) is 0 Å². The van der Waals surface area contributed by atoms with Crippen LogP contribution in [0.5, 0.6) is 0 Å². The van der Waals surface area contributed by atoms with Crippen LogP contribution < -0.4 is 0 Å². The van der Waals surface area contributed by atoms with Gasteiger partial charge in [-0.15, -0.1) is 0 Å². The van der Waals surface area contributed by atoms with Gasteiger partial charge in [0.25, 0.3) is 0 Å². The Kier molecular flexibility index (Phi) is 3.50. The fourth-order valence-electron chi connectivity index (χ4n) is 4.23. The van der Waals surface area contributed by atoms with Crippen LogP contribution in [-0.2, 0) is 11.3 Å². The molecule has 5 heteroatoms. The first-order chi connectivity index (χ1) is 10.7. The Labute approximate surface area is 130 Å². The van der Waals surface area contributed by atoms with Gasteiger partial charge in [-0.25, -0.2) is 0 Å². The van der Waals surface area contributed by atoms with Crippen LogP contribution in [0, 0.1) is 17.3 Å². The van der Waals surface area contributed by atoms with Crippen molar-refractivity contribution < 1.29 is 14.3 Å². The number of piperidine rings is 1. The van der Waals surface area contributed by atoms with Crippen molar-refractivity contribution in [2.75, 3.05) is 32.8 Å². The highest BCUT2D eigenvalue weighted by Gasteiger charge is 2.51. The van der Waals surface area contributed by atoms with Gasteiger partial charge in [0.05, 0.1) is 19.1 Å². The van der Waals surface area contributed by atoms with Crippen LogP contribution >= 0.6 is 0 Å². The molecule has 0 aromatic carbocycles. The molecule has 5 nitrogen and oxygen atoms in total. The van der Waals surface area contributed by atoms with E-state index in [9.17, 15) is 9.90 Å². The van der Waals surface area contributed by atoms with Crippen LogP contribution in [0.25, 0.3) is 0 Å². The summed E-state index contributed by atoms with van der Waals surface area (Å²) in [6, 6.07) is 2.00. The SMILES string of the molecule is O=C(C1CC1)N1C[C@@H]2CCN(Cc3ccoc3)C[C@]2(CO)C1. The second kappa shape index (κ2) is 5.39. The Morgan fingerprint density at radius 3 is 2.91 bits per heavy atom. The Morgan fingerprint density at radius 2 is 2.23 bits per heavy atom. The highest BCUT2D eigenvalue weighted by Crippen LogP contribution is 2.44. The summed E-state index contributed by atoms with van der Waals surface area (Å²) in [5.74, 6) is 1.04. The highest BCUT2D eigenvalue weighted by molar-refractivity contribution is 5.81. The third-order valence-corrected chi connectivity index (χ3v) is 5.68. The van der Waals surface area contributed by atoms with E-state index in [1.165, 1.54) is 5.56 Å². The monoisotopic (exact) mass is 304 g/mol. The number of aliphatic hydroxyl groups excluding tert-OH is 1. The minimum absolute atomic E-state index is 0.132. The zero-order chi connectivity index (χ0) is 15.2. The predicted molar refractivity (Wildman–Crippen MR) is 80.9 cm³/mol. The third kappa shape index (κ3) is 2.46. The number of nitrogens with zero attached hydrogens (tertiary/aromatic N) is 2. The number of rotatable bonds is 4. The topological polar surface area (TPSA) is 56.9 Å². The van der Waals surface area contributed by atoms with Crippen LogP contribution in [0.4, 0.5) is 0 Å². The maximum Gasteiger partial charge on any atom is 0.225 e. The van der Waals surface area contributed by atoms with Gasteiger partial charge in [-0.05, 0) is 37.8 Å². The van der Waals surface area contributed by atoms with Crippen molar-refractivity contribution in [3.05, 3.63) is 24.2 Å². The fraction of sp³-hybridized carbons (Fsp3) is 0.706. The van der Waals surface area contributed by atoms with Crippen molar-refractivity contribution in [2.45, 2.75) is 25.8 Å². The highest BCUT2D eigenvalue weighted by atomic mass is 16.3. The van der Waals surface area contributed by atoms with Crippen LogP contribution in [0.2, 0.25) is 0 Å². The summed E-state index contributed by atoms with van der Waals surface area (Å²) in [7, 11) is 0. The zero-order valence-corrected chi connectivity index (χ0v) is 12.9. The smallest absolute Gasteiger partial charge is 0.225 e. The van der Waals surface area contributed by atoms with E-state index >= 15 is 0 Å². The predicted octanol–water partition coefficient (Wildman–Crippen LogP) is 1.33. The van der Waals surface area contributed by atoms with Crippen molar-refractivity contribution >= 4 is 5.91 Å². The fourth-order valence-corrected chi connectivity index (χ4v) is 4.23. The van der Waals surface area contributed by atoms with Gasteiger partial charge in [0.1, 0.15) is 0 Å². The molecule has 0 bridgehead atoms. The van der Waals surface area contributed by atoms with E-state index in [-0.39, 0.29) is 17.9 Å². The molecule has 1 aromatic heterocycles. The van der Waals surface area contributed by atoms with Gasteiger partial charge in [-0.3, -0.25) is 9.69 Å². The number of hydrogen-bond acceptors (Lipinski definition) is 4. The minimum Gasteiger partial charge on any atom is -0.472 e. The van der Waals surface area contributed by atoms with Crippen LogP contribution in [-0.4, -0.2) is 53.6 Å². The standard InChI is InChI=1S/C17H24N2O3/c20-12-17-10-18(7-13-4-6-22-9-13)5-3-15(17)8-19(11-17)16(21)14-1-2-14/h4,6,9,14-15,20H,1-3,5,7-8,10-12H2/t15-,17+/m0/s1. The zero-order valence-electron chi connectivity index (χ0n) is 12.9. The summed E-state index contributed by atoms with van der Waals surface area (Å²) >= 11 is 0. The lowest BCUT2D eigenvalue weighted by atomic mass is 9.74. The van der Waals surface area contributed by atoms with Gasteiger partial charge in [0.2, 0.25) is 5.91 Å². The van der Waals surface area contributed by atoms with E-state index in [0.29, 0.717) is 11.8 Å². The van der Waals surface area contributed by atoms with Crippen molar-refractivity contribution in [1.29, 1.82) is 0 Å². The van der Waals surface area contributed by atoms with E-state index in [1.54, 1.807) is 12.5 Å². The molecule has 3 heterocycles. The molecular formula is C17H24N2O3. The quantitative estimate of drug-likeness (QED) is 0.912. The Balaban J connectivity index is 1.46. The molecule has 1 amide bonds. The summed E-state index contributed by atoms with van der Waals surface area (Å²) in [6.07, 6.45) is 6.66. The molecule has 0 spiro atoms. The molecule has 0 unspecified atom stereocenters. The number of aliphatic hydroxyl groups is 1. The lowest BCUT2D eigenvalue weighted by Crippen LogP contribution is -2.50.